The Bertz CT molecular complexity index is 437. The zero-order valence-electron chi connectivity index (χ0n) is 13.3. The van der Waals surface area contributed by atoms with Crippen molar-refractivity contribution in [1.82, 2.24) is 9.88 Å². The zero-order chi connectivity index (χ0) is 15.8. The first-order valence-corrected chi connectivity index (χ1v) is 8.92. The third-order valence-electron chi connectivity index (χ3n) is 4.04. The molecule has 1 aromatic heterocycles. The summed E-state index contributed by atoms with van der Waals surface area (Å²) >= 11 is 1.68. The number of hydrogen-bond acceptors (Lipinski definition) is 5. The molecular weight excluding hydrogens is 298 g/mol. The summed E-state index contributed by atoms with van der Waals surface area (Å²) in [6.45, 7) is 6.73. The van der Waals surface area contributed by atoms with Crippen LogP contribution in [0.3, 0.4) is 0 Å². The molecule has 7 heteroatoms. The van der Waals surface area contributed by atoms with Gasteiger partial charge in [0.1, 0.15) is 0 Å². The van der Waals surface area contributed by atoms with E-state index in [1.807, 2.05) is 11.6 Å². The van der Waals surface area contributed by atoms with E-state index in [9.17, 15) is 0 Å². The van der Waals surface area contributed by atoms with Gasteiger partial charge in [0.25, 0.3) is 0 Å². The van der Waals surface area contributed by atoms with E-state index in [1.165, 1.54) is 0 Å². The monoisotopic (exact) mass is 325 g/mol. The fourth-order valence-electron chi connectivity index (χ4n) is 2.74. The maximum absolute atomic E-state index is 9.10. The lowest BCUT2D eigenvalue weighted by molar-refractivity contribution is 0.253. The molecule has 1 aliphatic heterocycles. The van der Waals surface area contributed by atoms with E-state index in [0.717, 1.165) is 50.6 Å². The van der Waals surface area contributed by atoms with Crippen molar-refractivity contribution in [2.75, 3.05) is 44.2 Å². The van der Waals surface area contributed by atoms with Crippen molar-refractivity contribution in [1.29, 1.82) is 0 Å². The van der Waals surface area contributed by atoms with Crippen LogP contribution in [0.25, 0.3) is 0 Å². The highest BCUT2D eigenvalue weighted by molar-refractivity contribution is 7.13. The summed E-state index contributed by atoms with van der Waals surface area (Å²) in [5, 5.41) is 12.2. The first kappa shape index (κ1) is 17.0. The highest BCUT2D eigenvalue weighted by Gasteiger charge is 2.20. The molecule has 1 atom stereocenters. The molecule has 0 spiro atoms. The maximum atomic E-state index is 9.10. The predicted octanol–water partition coefficient (Wildman–Crippen LogP) is 1.38. The van der Waals surface area contributed by atoms with Crippen LogP contribution < -0.4 is 10.6 Å². The molecule has 1 saturated heterocycles. The number of aliphatic hydroxyl groups is 1. The first-order chi connectivity index (χ1) is 10.7. The summed E-state index contributed by atoms with van der Waals surface area (Å²) in [6.07, 6.45) is 4.86. The molecule has 124 valence electrons. The van der Waals surface area contributed by atoms with Crippen LogP contribution in [-0.2, 0) is 0 Å². The van der Waals surface area contributed by atoms with Crippen molar-refractivity contribution in [3.63, 3.8) is 0 Å². The van der Waals surface area contributed by atoms with E-state index in [4.69, 9.17) is 10.8 Å². The molecule has 0 amide bonds. The van der Waals surface area contributed by atoms with Crippen LogP contribution in [0, 0.1) is 5.92 Å². The summed E-state index contributed by atoms with van der Waals surface area (Å²) in [6, 6.07) is 0. The Morgan fingerprint density at radius 1 is 1.41 bits per heavy atom. The first-order valence-electron chi connectivity index (χ1n) is 8.04. The van der Waals surface area contributed by atoms with Gasteiger partial charge in [0.2, 0.25) is 0 Å². The normalized spacial score (nSPS) is 17.8. The maximum Gasteiger partial charge on any atom is 0.191 e. The fraction of sp³-hybridized carbons (Fsp3) is 0.733. The Morgan fingerprint density at radius 3 is 2.77 bits per heavy atom. The van der Waals surface area contributed by atoms with Gasteiger partial charge < -0.3 is 20.6 Å². The minimum atomic E-state index is 0.229. The molecule has 1 fully saturated rings. The molecule has 0 aliphatic carbocycles. The van der Waals surface area contributed by atoms with Gasteiger partial charge in [-0.05, 0) is 18.8 Å². The quantitative estimate of drug-likeness (QED) is 0.585. The number of anilines is 1. The second-order valence-electron chi connectivity index (χ2n) is 5.65. The number of nitrogens with two attached hydrogens (primary N) is 1. The average Bonchev–Trinajstić information content (AvgIpc) is 3.07. The van der Waals surface area contributed by atoms with Crippen molar-refractivity contribution in [3.8, 4) is 0 Å². The summed E-state index contributed by atoms with van der Waals surface area (Å²) in [7, 11) is 0. The Morgan fingerprint density at radius 2 is 2.18 bits per heavy atom. The minimum Gasteiger partial charge on any atom is -0.396 e. The Balaban J connectivity index is 1.80. The number of nitrogens with zero attached hydrogens (tertiary/aromatic N) is 4. The van der Waals surface area contributed by atoms with E-state index in [0.29, 0.717) is 18.4 Å². The Kier molecular flexibility index (Phi) is 6.92. The molecule has 2 rings (SSSR count). The number of hydrogen-bond donors (Lipinski definition) is 2. The molecule has 1 aromatic rings. The van der Waals surface area contributed by atoms with Gasteiger partial charge >= 0.3 is 0 Å². The highest BCUT2D eigenvalue weighted by atomic mass is 32.1. The van der Waals surface area contributed by atoms with Crippen LogP contribution in [-0.4, -0.2) is 60.3 Å². The molecule has 1 aliphatic rings. The van der Waals surface area contributed by atoms with Gasteiger partial charge in [-0.1, -0.05) is 13.3 Å². The second kappa shape index (κ2) is 8.95. The molecule has 6 nitrogen and oxygen atoms in total. The van der Waals surface area contributed by atoms with Crippen LogP contribution in [0.15, 0.2) is 16.6 Å². The van der Waals surface area contributed by atoms with Gasteiger partial charge in [0.15, 0.2) is 11.1 Å². The molecule has 0 aromatic carbocycles. The van der Waals surface area contributed by atoms with Crippen molar-refractivity contribution in [3.05, 3.63) is 11.6 Å². The van der Waals surface area contributed by atoms with Crippen LogP contribution in [0.4, 0.5) is 5.13 Å². The lowest BCUT2D eigenvalue weighted by Crippen LogP contribution is -2.51. The molecular formula is C15H27N5OS. The molecule has 0 radical (unpaired) electrons. The number of piperazine rings is 1. The molecule has 0 saturated carbocycles. The molecule has 22 heavy (non-hydrogen) atoms. The summed E-state index contributed by atoms with van der Waals surface area (Å²) in [5.74, 6) is 1.07. The van der Waals surface area contributed by atoms with Gasteiger partial charge in [0, 0.05) is 50.9 Å². The largest absolute Gasteiger partial charge is 0.396 e. The van der Waals surface area contributed by atoms with E-state index in [1.54, 1.807) is 11.3 Å². The van der Waals surface area contributed by atoms with Crippen LogP contribution in [0.1, 0.15) is 26.2 Å². The van der Waals surface area contributed by atoms with E-state index in [-0.39, 0.29) is 6.61 Å². The van der Waals surface area contributed by atoms with Crippen LogP contribution >= 0.6 is 11.3 Å². The zero-order valence-corrected chi connectivity index (χ0v) is 14.1. The lowest BCUT2D eigenvalue weighted by atomic mass is 10.0. The number of aliphatic hydroxyl groups excluding tert-OH is 1. The SMILES string of the molecule is CCCC(CCO)CN=C(N)N1CCN(c2nccs2)CC1. The van der Waals surface area contributed by atoms with E-state index >= 15 is 0 Å². The summed E-state index contributed by atoms with van der Waals surface area (Å²) in [4.78, 5) is 13.3. The Hall–Kier alpha value is -1.34. The van der Waals surface area contributed by atoms with Gasteiger partial charge in [-0.15, -0.1) is 11.3 Å². The smallest absolute Gasteiger partial charge is 0.191 e. The fourth-order valence-corrected chi connectivity index (χ4v) is 3.44. The molecule has 0 bridgehead atoms. The second-order valence-corrected chi connectivity index (χ2v) is 6.53. The number of rotatable bonds is 7. The molecule has 1 unspecified atom stereocenters. The van der Waals surface area contributed by atoms with Gasteiger partial charge in [-0.25, -0.2) is 4.98 Å². The van der Waals surface area contributed by atoms with Crippen molar-refractivity contribution < 1.29 is 5.11 Å². The van der Waals surface area contributed by atoms with Gasteiger partial charge in [-0.3, -0.25) is 4.99 Å². The Labute approximate surface area is 136 Å². The lowest BCUT2D eigenvalue weighted by Gasteiger charge is -2.35. The van der Waals surface area contributed by atoms with Crippen LogP contribution in [0.2, 0.25) is 0 Å². The molecule has 2 heterocycles. The minimum absolute atomic E-state index is 0.229. The van der Waals surface area contributed by atoms with Crippen molar-refractivity contribution in [2.24, 2.45) is 16.6 Å². The predicted molar refractivity (Wildman–Crippen MR) is 92.5 cm³/mol. The van der Waals surface area contributed by atoms with E-state index in [2.05, 4.69) is 26.7 Å². The van der Waals surface area contributed by atoms with Crippen LogP contribution in [0.5, 0.6) is 0 Å². The number of aromatic nitrogens is 1. The molecule has 3 N–H and O–H groups in total. The van der Waals surface area contributed by atoms with Gasteiger partial charge in [0.05, 0.1) is 0 Å². The third kappa shape index (κ3) is 4.84. The third-order valence-corrected chi connectivity index (χ3v) is 4.87. The standard InChI is InChI=1S/C15H27N5OS/c1-2-3-13(4-10-21)12-18-14(16)19-6-8-20(9-7-19)15-17-5-11-22-15/h5,11,13,21H,2-4,6-10,12H2,1H3,(H2,16,18). The number of guanidine groups is 1. The average molecular weight is 325 g/mol. The highest BCUT2D eigenvalue weighted by Crippen LogP contribution is 2.19. The number of aliphatic imine (C=N–C) groups is 1. The van der Waals surface area contributed by atoms with Gasteiger partial charge in [-0.2, -0.15) is 0 Å². The van der Waals surface area contributed by atoms with E-state index < -0.39 is 0 Å². The summed E-state index contributed by atoms with van der Waals surface area (Å²) < 4.78 is 0. The van der Waals surface area contributed by atoms with Crippen molar-refractivity contribution in [2.45, 2.75) is 26.2 Å². The summed E-state index contributed by atoms with van der Waals surface area (Å²) in [5.41, 5.74) is 6.14. The topological polar surface area (TPSA) is 78.0 Å². The number of thiazole rings is 1. The van der Waals surface area contributed by atoms with Crippen molar-refractivity contribution >= 4 is 22.4 Å².